The lowest BCUT2D eigenvalue weighted by molar-refractivity contribution is -0.131. The molecule has 0 spiro atoms. The Balaban J connectivity index is 2.31. The van der Waals surface area contributed by atoms with Crippen LogP contribution in [0.1, 0.15) is 36.6 Å². The van der Waals surface area contributed by atoms with Crippen LogP contribution in [0.2, 0.25) is 0 Å². The molecule has 0 saturated carbocycles. The third-order valence-electron chi connectivity index (χ3n) is 2.91. The van der Waals surface area contributed by atoms with Crippen LogP contribution in [-0.4, -0.2) is 25.8 Å². The molecule has 0 aliphatic carbocycles. The fourth-order valence-corrected chi connectivity index (χ4v) is 1.85. The van der Waals surface area contributed by atoms with Gasteiger partial charge in [0.2, 0.25) is 0 Å². The number of aryl methyl sites for hydroxylation is 1. The van der Waals surface area contributed by atoms with Gasteiger partial charge in [0.05, 0.1) is 5.69 Å². The van der Waals surface area contributed by atoms with E-state index in [-0.39, 0.29) is 0 Å². The van der Waals surface area contributed by atoms with Crippen molar-refractivity contribution in [3.05, 3.63) is 47.4 Å². The van der Waals surface area contributed by atoms with Crippen LogP contribution in [0.5, 0.6) is 0 Å². The molecule has 0 aliphatic rings. The SMILES string of the molecule is Cc1cc(/C=C/C(=O)O)cnc1-n1ccc(C(C)C)n1. The van der Waals surface area contributed by atoms with Crippen molar-refractivity contribution in [3.63, 3.8) is 0 Å². The maximum Gasteiger partial charge on any atom is 0.328 e. The highest BCUT2D eigenvalue weighted by atomic mass is 16.4. The minimum Gasteiger partial charge on any atom is -0.478 e. The number of hydrogen-bond donors (Lipinski definition) is 1. The normalized spacial score (nSPS) is 11.4. The molecule has 2 heterocycles. The van der Waals surface area contributed by atoms with Gasteiger partial charge in [0.25, 0.3) is 0 Å². The molecule has 104 valence electrons. The number of carboxylic acid groups (broad SMARTS) is 1. The lowest BCUT2D eigenvalue weighted by atomic mass is 10.1. The highest BCUT2D eigenvalue weighted by molar-refractivity contribution is 5.85. The number of aliphatic carboxylic acids is 1. The van der Waals surface area contributed by atoms with Crippen LogP contribution in [0.4, 0.5) is 0 Å². The van der Waals surface area contributed by atoms with E-state index < -0.39 is 5.97 Å². The van der Waals surface area contributed by atoms with E-state index in [9.17, 15) is 4.79 Å². The largest absolute Gasteiger partial charge is 0.478 e. The van der Waals surface area contributed by atoms with Gasteiger partial charge < -0.3 is 5.11 Å². The Hall–Kier alpha value is -2.43. The predicted molar refractivity (Wildman–Crippen MR) is 76.9 cm³/mol. The molecule has 0 atom stereocenters. The third-order valence-corrected chi connectivity index (χ3v) is 2.91. The molecule has 0 aliphatic heterocycles. The summed E-state index contributed by atoms with van der Waals surface area (Å²) in [5, 5.41) is 13.1. The van der Waals surface area contributed by atoms with Crippen LogP contribution in [0.3, 0.4) is 0 Å². The fraction of sp³-hybridized carbons (Fsp3) is 0.267. The predicted octanol–water partition coefficient (Wildman–Crippen LogP) is 2.80. The Bertz CT molecular complexity index is 657. The molecule has 1 N–H and O–H groups in total. The average molecular weight is 271 g/mol. The maximum atomic E-state index is 10.5. The van der Waals surface area contributed by atoms with E-state index in [1.165, 1.54) is 6.08 Å². The van der Waals surface area contributed by atoms with E-state index in [2.05, 4.69) is 23.9 Å². The first kappa shape index (κ1) is 14.0. The smallest absolute Gasteiger partial charge is 0.328 e. The van der Waals surface area contributed by atoms with Gasteiger partial charge in [-0.1, -0.05) is 13.8 Å². The molecule has 2 aromatic rings. The van der Waals surface area contributed by atoms with Gasteiger partial charge in [-0.2, -0.15) is 5.10 Å². The van der Waals surface area contributed by atoms with Crippen LogP contribution in [-0.2, 0) is 4.79 Å². The molecule has 0 unspecified atom stereocenters. The number of rotatable bonds is 4. The average Bonchev–Trinajstić information content (AvgIpc) is 2.86. The molecule has 0 saturated heterocycles. The Morgan fingerprint density at radius 3 is 2.75 bits per heavy atom. The second-order valence-electron chi connectivity index (χ2n) is 4.92. The fourth-order valence-electron chi connectivity index (χ4n) is 1.85. The second-order valence-corrected chi connectivity index (χ2v) is 4.92. The Morgan fingerprint density at radius 2 is 2.20 bits per heavy atom. The van der Waals surface area contributed by atoms with Crippen molar-refractivity contribution in [2.45, 2.75) is 26.7 Å². The lowest BCUT2D eigenvalue weighted by Gasteiger charge is -2.06. The van der Waals surface area contributed by atoms with Crippen molar-refractivity contribution >= 4 is 12.0 Å². The maximum absolute atomic E-state index is 10.5. The summed E-state index contributed by atoms with van der Waals surface area (Å²) in [6.45, 7) is 6.11. The summed E-state index contributed by atoms with van der Waals surface area (Å²) in [5.41, 5.74) is 2.71. The first-order valence-corrected chi connectivity index (χ1v) is 6.41. The number of nitrogens with zero attached hydrogens (tertiary/aromatic N) is 3. The van der Waals surface area contributed by atoms with Gasteiger partial charge in [-0.05, 0) is 42.2 Å². The van der Waals surface area contributed by atoms with E-state index in [0.29, 0.717) is 5.92 Å². The molecule has 2 rings (SSSR count). The topological polar surface area (TPSA) is 68.0 Å². The van der Waals surface area contributed by atoms with Crippen molar-refractivity contribution < 1.29 is 9.90 Å². The highest BCUT2D eigenvalue weighted by Gasteiger charge is 2.08. The van der Waals surface area contributed by atoms with Gasteiger partial charge >= 0.3 is 5.97 Å². The molecular weight excluding hydrogens is 254 g/mol. The van der Waals surface area contributed by atoms with Gasteiger partial charge in [-0.15, -0.1) is 0 Å². The molecule has 5 nitrogen and oxygen atoms in total. The quantitative estimate of drug-likeness (QED) is 0.868. The van der Waals surface area contributed by atoms with Crippen molar-refractivity contribution in [1.82, 2.24) is 14.8 Å². The van der Waals surface area contributed by atoms with Gasteiger partial charge in [-0.25, -0.2) is 14.5 Å². The van der Waals surface area contributed by atoms with Crippen molar-refractivity contribution in [2.75, 3.05) is 0 Å². The minimum atomic E-state index is -0.972. The zero-order valence-corrected chi connectivity index (χ0v) is 11.7. The third kappa shape index (κ3) is 3.12. The van der Waals surface area contributed by atoms with Crippen LogP contribution < -0.4 is 0 Å². The van der Waals surface area contributed by atoms with E-state index in [1.54, 1.807) is 10.9 Å². The summed E-state index contributed by atoms with van der Waals surface area (Å²) < 4.78 is 1.75. The van der Waals surface area contributed by atoms with Crippen LogP contribution in [0.15, 0.2) is 30.6 Å². The lowest BCUT2D eigenvalue weighted by Crippen LogP contribution is -2.02. The van der Waals surface area contributed by atoms with E-state index in [0.717, 1.165) is 28.7 Å². The molecule has 0 aromatic carbocycles. The first-order chi connectivity index (χ1) is 9.47. The van der Waals surface area contributed by atoms with Crippen LogP contribution >= 0.6 is 0 Å². The molecule has 0 radical (unpaired) electrons. The van der Waals surface area contributed by atoms with Gasteiger partial charge in [-0.3, -0.25) is 0 Å². The molecule has 0 bridgehead atoms. The van der Waals surface area contributed by atoms with Gasteiger partial charge in [0.15, 0.2) is 5.82 Å². The monoisotopic (exact) mass is 271 g/mol. The molecular formula is C15H17N3O2. The summed E-state index contributed by atoms with van der Waals surface area (Å²) >= 11 is 0. The van der Waals surface area contributed by atoms with Crippen LogP contribution in [0.25, 0.3) is 11.9 Å². The number of hydrogen-bond acceptors (Lipinski definition) is 3. The van der Waals surface area contributed by atoms with E-state index in [1.807, 2.05) is 25.3 Å². The summed E-state index contributed by atoms with van der Waals surface area (Å²) in [4.78, 5) is 14.8. The standard InChI is InChI=1S/C15H17N3O2/c1-10(2)13-6-7-18(17-13)15-11(3)8-12(9-16-15)4-5-14(19)20/h4-10H,1-3H3,(H,19,20)/b5-4+. The molecule has 0 fully saturated rings. The number of carboxylic acids is 1. The Labute approximate surface area is 117 Å². The van der Waals surface area contributed by atoms with Crippen molar-refractivity contribution in [1.29, 1.82) is 0 Å². The Morgan fingerprint density at radius 1 is 1.45 bits per heavy atom. The van der Waals surface area contributed by atoms with E-state index in [4.69, 9.17) is 5.11 Å². The highest BCUT2D eigenvalue weighted by Crippen LogP contribution is 2.16. The zero-order chi connectivity index (χ0) is 14.7. The number of aromatic nitrogens is 3. The first-order valence-electron chi connectivity index (χ1n) is 6.41. The minimum absolute atomic E-state index is 0.370. The summed E-state index contributed by atoms with van der Waals surface area (Å²) in [7, 11) is 0. The molecule has 5 heteroatoms. The van der Waals surface area contributed by atoms with Crippen molar-refractivity contribution in [3.8, 4) is 5.82 Å². The van der Waals surface area contributed by atoms with Gasteiger partial charge in [0, 0.05) is 18.5 Å². The summed E-state index contributed by atoms with van der Waals surface area (Å²) in [5.74, 6) is 0.152. The van der Waals surface area contributed by atoms with E-state index >= 15 is 0 Å². The van der Waals surface area contributed by atoms with Crippen molar-refractivity contribution in [2.24, 2.45) is 0 Å². The molecule has 2 aromatic heterocycles. The zero-order valence-electron chi connectivity index (χ0n) is 11.7. The number of carbonyl (C=O) groups is 1. The van der Waals surface area contributed by atoms with Gasteiger partial charge in [0.1, 0.15) is 0 Å². The summed E-state index contributed by atoms with van der Waals surface area (Å²) in [6, 6.07) is 3.86. The van der Waals surface area contributed by atoms with Crippen LogP contribution in [0, 0.1) is 6.92 Å². The molecule has 0 amide bonds. The second kappa shape index (κ2) is 5.69. The summed E-state index contributed by atoms with van der Waals surface area (Å²) in [6.07, 6.45) is 6.14. The Kier molecular flexibility index (Phi) is 3.98. The molecule has 20 heavy (non-hydrogen) atoms. The number of pyridine rings is 1.